The molecule has 82 valence electrons. The fourth-order valence-electron chi connectivity index (χ4n) is 1.50. The Hall–Kier alpha value is -1.80. The van der Waals surface area contributed by atoms with Gasteiger partial charge in [0.25, 0.3) is 0 Å². The summed E-state index contributed by atoms with van der Waals surface area (Å²) in [4.78, 5) is 0. The van der Waals surface area contributed by atoms with Crippen LogP contribution in [-0.2, 0) is 13.2 Å². The Kier molecular flexibility index (Phi) is 3.57. The van der Waals surface area contributed by atoms with Crippen molar-refractivity contribution in [2.45, 2.75) is 13.2 Å². The Bertz CT molecular complexity index is 437. The molecule has 2 aromatic carbocycles. The number of hydrogen-bond acceptors (Lipinski definition) is 2. The fourth-order valence-corrected chi connectivity index (χ4v) is 1.50. The van der Waals surface area contributed by atoms with Crippen molar-refractivity contribution in [1.29, 1.82) is 0 Å². The molecule has 0 atom stereocenters. The Morgan fingerprint density at radius 3 is 2.38 bits per heavy atom. The second-order valence-corrected chi connectivity index (χ2v) is 3.58. The van der Waals surface area contributed by atoms with E-state index in [9.17, 15) is 0 Å². The van der Waals surface area contributed by atoms with E-state index in [2.05, 4.69) is 0 Å². The zero-order chi connectivity index (χ0) is 11.2. The van der Waals surface area contributed by atoms with E-state index in [0.29, 0.717) is 6.61 Å². The molecule has 0 aliphatic carbocycles. The van der Waals surface area contributed by atoms with Gasteiger partial charge in [-0.25, -0.2) is 0 Å². The van der Waals surface area contributed by atoms with E-state index >= 15 is 0 Å². The van der Waals surface area contributed by atoms with E-state index in [1.165, 1.54) is 0 Å². The van der Waals surface area contributed by atoms with Crippen molar-refractivity contribution in [3.05, 3.63) is 65.7 Å². The summed E-state index contributed by atoms with van der Waals surface area (Å²) in [6.45, 7) is 0.594. The van der Waals surface area contributed by atoms with Gasteiger partial charge < -0.3 is 9.84 Å². The quantitative estimate of drug-likeness (QED) is 0.848. The highest BCUT2D eigenvalue weighted by Crippen LogP contribution is 2.12. The molecule has 0 spiro atoms. The van der Waals surface area contributed by atoms with Gasteiger partial charge in [0.15, 0.2) is 0 Å². The first-order valence-corrected chi connectivity index (χ1v) is 5.25. The molecule has 1 N–H and O–H groups in total. The predicted octanol–water partition coefficient (Wildman–Crippen LogP) is 2.76. The molecule has 2 heteroatoms. The molecule has 0 saturated heterocycles. The van der Waals surface area contributed by atoms with E-state index in [1.807, 2.05) is 54.6 Å². The van der Waals surface area contributed by atoms with Crippen LogP contribution in [-0.4, -0.2) is 5.11 Å². The maximum atomic E-state index is 9.01. The highest BCUT2D eigenvalue weighted by molar-refractivity contribution is 5.24. The van der Waals surface area contributed by atoms with Crippen molar-refractivity contribution in [3.8, 4) is 5.75 Å². The summed E-state index contributed by atoms with van der Waals surface area (Å²) in [6.07, 6.45) is 0. The standard InChI is InChI=1S/C14H14O2/c15-10-12-5-4-6-13(9-12)11-16-14-7-2-1-3-8-14/h1-9,15H,10-11H2. The molecule has 16 heavy (non-hydrogen) atoms. The number of para-hydroxylation sites is 1. The van der Waals surface area contributed by atoms with Crippen LogP contribution in [0.2, 0.25) is 0 Å². The van der Waals surface area contributed by atoms with Crippen molar-refractivity contribution in [2.24, 2.45) is 0 Å². The smallest absolute Gasteiger partial charge is 0.119 e. The third-order valence-corrected chi connectivity index (χ3v) is 2.32. The maximum absolute atomic E-state index is 9.01. The van der Waals surface area contributed by atoms with Crippen LogP contribution < -0.4 is 4.74 Å². The third kappa shape index (κ3) is 2.84. The molecule has 0 saturated carbocycles. The van der Waals surface area contributed by atoms with Gasteiger partial charge >= 0.3 is 0 Å². The van der Waals surface area contributed by atoms with E-state index < -0.39 is 0 Å². The van der Waals surface area contributed by atoms with Gasteiger partial charge in [0, 0.05) is 0 Å². The second kappa shape index (κ2) is 5.33. The van der Waals surface area contributed by atoms with Crippen LogP contribution in [0.3, 0.4) is 0 Å². The molecule has 0 radical (unpaired) electrons. The predicted molar refractivity (Wildman–Crippen MR) is 63.1 cm³/mol. The van der Waals surface area contributed by atoms with E-state index in [-0.39, 0.29) is 6.61 Å². The zero-order valence-corrected chi connectivity index (χ0v) is 8.97. The van der Waals surface area contributed by atoms with Crippen LogP contribution in [0.1, 0.15) is 11.1 Å². The average molecular weight is 214 g/mol. The number of benzene rings is 2. The normalized spacial score (nSPS) is 10.1. The number of aliphatic hydroxyl groups excluding tert-OH is 1. The number of hydrogen-bond donors (Lipinski definition) is 1. The molecular formula is C14H14O2. The summed E-state index contributed by atoms with van der Waals surface area (Å²) in [7, 11) is 0. The SMILES string of the molecule is OCc1cccc(COc2ccccc2)c1. The summed E-state index contributed by atoms with van der Waals surface area (Å²) in [5.41, 5.74) is 1.98. The Labute approximate surface area is 95.1 Å². The van der Waals surface area contributed by atoms with Gasteiger partial charge in [-0.2, -0.15) is 0 Å². The van der Waals surface area contributed by atoms with Gasteiger partial charge in [-0.05, 0) is 23.3 Å². The van der Waals surface area contributed by atoms with Crippen LogP contribution in [0.5, 0.6) is 5.75 Å². The maximum Gasteiger partial charge on any atom is 0.119 e. The van der Waals surface area contributed by atoms with Crippen molar-refractivity contribution in [3.63, 3.8) is 0 Å². The average Bonchev–Trinajstić information content (AvgIpc) is 2.38. The summed E-state index contributed by atoms with van der Waals surface area (Å²) in [6, 6.07) is 17.5. The molecule has 0 aromatic heterocycles. The lowest BCUT2D eigenvalue weighted by Gasteiger charge is -2.06. The minimum Gasteiger partial charge on any atom is -0.489 e. The lowest BCUT2D eigenvalue weighted by atomic mass is 10.1. The summed E-state index contributed by atoms with van der Waals surface area (Å²) < 4.78 is 5.61. The van der Waals surface area contributed by atoms with Crippen LogP contribution in [0, 0.1) is 0 Å². The highest BCUT2D eigenvalue weighted by atomic mass is 16.5. The zero-order valence-electron chi connectivity index (χ0n) is 8.97. The minimum atomic E-state index is 0.0686. The molecule has 0 heterocycles. The van der Waals surface area contributed by atoms with Crippen molar-refractivity contribution in [1.82, 2.24) is 0 Å². The first-order chi connectivity index (χ1) is 7.88. The monoisotopic (exact) mass is 214 g/mol. The van der Waals surface area contributed by atoms with E-state index in [0.717, 1.165) is 16.9 Å². The first kappa shape index (κ1) is 10.7. The molecule has 0 bridgehead atoms. The Balaban J connectivity index is 1.99. The molecule has 0 unspecified atom stereocenters. The Morgan fingerprint density at radius 2 is 1.62 bits per heavy atom. The van der Waals surface area contributed by atoms with E-state index in [1.54, 1.807) is 0 Å². The summed E-state index contributed by atoms with van der Waals surface area (Å²) in [5, 5.41) is 9.01. The molecule has 2 rings (SSSR count). The number of aliphatic hydroxyl groups is 1. The van der Waals surface area contributed by atoms with Gasteiger partial charge in [0.05, 0.1) is 6.61 Å². The van der Waals surface area contributed by atoms with Gasteiger partial charge in [-0.1, -0.05) is 42.5 Å². The van der Waals surface area contributed by atoms with Crippen LogP contribution in [0.4, 0.5) is 0 Å². The van der Waals surface area contributed by atoms with Gasteiger partial charge in [-0.3, -0.25) is 0 Å². The third-order valence-electron chi connectivity index (χ3n) is 2.32. The van der Waals surface area contributed by atoms with Gasteiger partial charge in [-0.15, -0.1) is 0 Å². The molecule has 0 amide bonds. The molecule has 0 fully saturated rings. The van der Waals surface area contributed by atoms with Crippen molar-refractivity contribution < 1.29 is 9.84 Å². The lowest BCUT2D eigenvalue weighted by molar-refractivity contribution is 0.280. The summed E-state index contributed by atoms with van der Waals surface area (Å²) in [5.74, 6) is 0.858. The van der Waals surface area contributed by atoms with Crippen LogP contribution in [0.15, 0.2) is 54.6 Å². The first-order valence-electron chi connectivity index (χ1n) is 5.25. The lowest BCUT2D eigenvalue weighted by Crippen LogP contribution is -1.96. The van der Waals surface area contributed by atoms with Crippen LogP contribution in [0.25, 0.3) is 0 Å². The van der Waals surface area contributed by atoms with Crippen molar-refractivity contribution >= 4 is 0 Å². The van der Waals surface area contributed by atoms with Gasteiger partial charge in [0.1, 0.15) is 12.4 Å². The van der Waals surface area contributed by atoms with Gasteiger partial charge in [0.2, 0.25) is 0 Å². The molecule has 2 nitrogen and oxygen atoms in total. The number of rotatable bonds is 4. The molecular weight excluding hydrogens is 200 g/mol. The topological polar surface area (TPSA) is 29.5 Å². The minimum absolute atomic E-state index is 0.0686. The summed E-state index contributed by atoms with van der Waals surface area (Å²) >= 11 is 0. The largest absolute Gasteiger partial charge is 0.489 e. The fraction of sp³-hybridized carbons (Fsp3) is 0.143. The second-order valence-electron chi connectivity index (χ2n) is 3.58. The Morgan fingerprint density at radius 1 is 0.875 bits per heavy atom. The van der Waals surface area contributed by atoms with Crippen LogP contribution >= 0.6 is 0 Å². The number of ether oxygens (including phenoxy) is 1. The molecule has 0 aliphatic rings. The highest BCUT2D eigenvalue weighted by Gasteiger charge is 1.96. The van der Waals surface area contributed by atoms with Crippen molar-refractivity contribution in [2.75, 3.05) is 0 Å². The molecule has 2 aromatic rings. The molecule has 0 aliphatic heterocycles. The van der Waals surface area contributed by atoms with E-state index in [4.69, 9.17) is 9.84 Å².